The molecule has 0 amide bonds. The number of hydrogen-bond acceptors (Lipinski definition) is 4. The van der Waals surface area contributed by atoms with Crippen molar-refractivity contribution in [1.82, 2.24) is 0 Å². The molecule has 23 heavy (non-hydrogen) atoms. The summed E-state index contributed by atoms with van der Waals surface area (Å²) in [4.78, 5) is 11.7. The van der Waals surface area contributed by atoms with E-state index in [0.29, 0.717) is 10.6 Å². The molecule has 1 aliphatic rings. The van der Waals surface area contributed by atoms with Crippen molar-refractivity contribution >= 4 is 27.4 Å². The number of rotatable bonds is 4. The van der Waals surface area contributed by atoms with Gasteiger partial charge in [0.15, 0.2) is 9.84 Å². The zero-order chi connectivity index (χ0) is 16.8. The van der Waals surface area contributed by atoms with E-state index >= 15 is 0 Å². The van der Waals surface area contributed by atoms with Crippen molar-refractivity contribution in [2.24, 2.45) is 5.73 Å². The maximum Gasteiger partial charge on any atom is 0.325 e. The molecular formula is C16H14ClNO4S. The molecule has 1 aliphatic carbocycles. The van der Waals surface area contributed by atoms with Gasteiger partial charge in [-0.2, -0.15) is 0 Å². The summed E-state index contributed by atoms with van der Waals surface area (Å²) < 4.78 is 25.6. The lowest BCUT2D eigenvalue weighted by Gasteiger charge is -2.06. The fourth-order valence-electron chi connectivity index (χ4n) is 2.97. The highest BCUT2D eigenvalue weighted by Crippen LogP contribution is 2.56. The van der Waals surface area contributed by atoms with Gasteiger partial charge in [-0.15, -0.1) is 0 Å². The Morgan fingerprint density at radius 3 is 2.35 bits per heavy atom. The van der Waals surface area contributed by atoms with Crippen LogP contribution < -0.4 is 5.73 Å². The van der Waals surface area contributed by atoms with E-state index in [1.165, 1.54) is 12.1 Å². The van der Waals surface area contributed by atoms with Gasteiger partial charge in [-0.05, 0) is 29.8 Å². The van der Waals surface area contributed by atoms with Crippen molar-refractivity contribution in [3.8, 4) is 0 Å². The van der Waals surface area contributed by atoms with Crippen LogP contribution in [0.15, 0.2) is 59.5 Å². The van der Waals surface area contributed by atoms with Crippen LogP contribution in [0.5, 0.6) is 0 Å². The van der Waals surface area contributed by atoms with Gasteiger partial charge in [0.1, 0.15) is 10.8 Å². The summed E-state index contributed by atoms with van der Waals surface area (Å²) in [6.45, 7) is 0. The van der Waals surface area contributed by atoms with Gasteiger partial charge < -0.3 is 10.8 Å². The Morgan fingerprint density at radius 2 is 1.78 bits per heavy atom. The first-order chi connectivity index (χ1) is 10.8. The van der Waals surface area contributed by atoms with Crippen LogP contribution in [-0.2, 0) is 14.6 Å². The molecule has 120 valence electrons. The molecule has 0 aromatic heterocycles. The minimum Gasteiger partial charge on any atom is -0.480 e. The fourth-order valence-corrected chi connectivity index (χ4v) is 5.42. The summed E-state index contributed by atoms with van der Waals surface area (Å²) >= 11 is 5.93. The second-order valence-corrected chi connectivity index (χ2v) is 8.06. The molecular weight excluding hydrogens is 338 g/mol. The molecule has 3 rings (SSSR count). The number of aliphatic carboxylic acids is 1. The molecule has 0 aliphatic heterocycles. The van der Waals surface area contributed by atoms with Gasteiger partial charge in [0, 0.05) is 10.9 Å². The molecule has 2 aromatic carbocycles. The number of carboxylic acids is 1. The summed E-state index contributed by atoms with van der Waals surface area (Å²) in [6.07, 6.45) is 0. The van der Waals surface area contributed by atoms with Crippen LogP contribution in [0.2, 0.25) is 5.02 Å². The van der Waals surface area contributed by atoms with Gasteiger partial charge in [-0.1, -0.05) is 41.9 Å². The highest BCUT2D eigenvalue weighted by Gasteiger charge is 2.74. The quantitative estimate of drug-likeness (QED) is 0.878. The van der Waals surface area contributed by atoms with Gasteiger partial charge >= 0.3 is 5.97 Å². The molecule has 5 nitrogen and oxygen atoms in total. The first-order valence-electron chi connectivity index (χ1n) is 6.86. The maximum atomic E-state index is 12.8. The Balaban J connectivity index is 2.09. The predicted octanol–water partition coefficient (Wildman–Crippen LogP) is 2.06. The lowest BCUT2D eigenvalue weighted by molar-refractivity contribution is -0.139. The SMILES string of the molecule is N[C@@]1(C(=O)O)[C@H](c2cccc(Cl)c2)[C@@H]1S(=O)(=O)c1ccccc1. The molecule has 7 heteroatoms. The number of carboxylic acid groups (broad SMARTS) is 1. The molecule has 1 saturated carbocycles. The summed E-state index contributed by atoms with van der Waals surface area (Å²) in [5, 5.41) is 8.64. The molecule has 0 saturated heterocycles. The summed E-state index contributed by atoms with van der Waals surface area (Å²) in [5.41, 5.74) is 4.61. The Bertz CT molecular complexity index is 869. The van der Waals surface area contributed by atoms with Crippen molar-refractivity contribution < 1.29 is 18.3 Å². The van der Waals surface area contributed by atoms with E-state index in [2.05, 4.69) is 0 Å². The summed E-state index contributed by atoms with van der Waals surface area (Å²) in [6, 6.07) is 14.2. The lowest BCUT2D eigenvalue weighted by atomic mass is 10.1. The standard InChI is InChI=1S/C16H14ClNO4S/c17-11-6-4-5-10(9-11)13-14(16(13,18)15(19)20)23(21,22)12-7-2-1-3-8-12/h1-9,13-14H,18H2,(H,19,20)/t13-,14+,16+/m1/s1. The topological polar surface area (TPSA) is 97.5 Å². The van der Waals surface area contributed by atoms with E-state index in [9.17, 15) is 18.3 Å². The van der Waals surface area contributed by atoms with E-state index in [4.69, 9.17) is 17.3 Å². The Labute approximate surface area is 138 Å². The average molecular weight is 352 g/mol. The van der Waals surface area contributed by atoms with Crippen LogP contribution in [0, 0.1) is 0 Å². The highest BCUT2D eigenvalue weighted by atomic mass is 35.5. The van der Waals surface area contributed by atoms with Gasteiger partial charge in [-0.3, -0.25) is 4.79 Å². The van der Waals surface area contributed by atoms with Crippen LogP contribution in [0.25, 0.3) is 0 Å². The van der Waals surface area contributed by atoms with E-state index in [0.717, 1.165) is 0 Å². The summed E-state index contributed by atoms with van der Waals surface area (Å²) in [5.74, 6) is -2.18. The molecule has 0 bridgehead atoms. The number of benzene rings is 2. The largest absolute Gasteiger partial charge is 0.480 e. The van der Waals surface area contributed by atoms with Crippen molar-refractivity contribution in [2.45, 2.75) is 21.6 Å². The molecule has 3 N–H and O–H groups in total. The monoisotopic (exact) mass is 351 g/mol. The van der Waals surface area contributed by atoms with Crippen LogP contribution in [0.3, 0.4) is 0 Å². The second-order valence-electron chi connectivity index (χ2n) is 5.55. The normalized spacial score (nSPS) is 26.7. The Kier molecular flexibility index (Phi) is 3.71. The zero-order valence-electron chi connectivity index (χ0n) is 11.9. The third kappa shape index (κ3) is 2.43. The molecule has 0 spiro atoms. The smallest absolute Gasteiger partial charge is 0.325 e. The lowest BCUT2D eigenvalue weighted by Crippen LogP contribution is -2.39. The molecule has 3 atom stereocenters. The van der Waals surface area contributed by atoms with Crippen LogP contribution in [0.4, 0.5) is 0 Å². The van der Waals surface area contributed by atoms with E-state index in [1.54, 1.807) is 42.5 Å². The summed E-state index contributed by atoms with van der Waals surface area (Å²) in [7, 11) is -3.88. The number of nitrogens with two attached hydrogens (primary N) is 1. The van der Waals surface area contributed by atoms with Crippen LogP contribution in [-0.4, -0.2) is 30.3 Å². The first kappa shape index (κ1) is 16.0. The first-order valence-corrected chi connectivity index (χ1v) is 8.78. The van der Waals surface area contributed by atoms with Crippen LogP contribution in [0.1, 0.15) is 11.5 Å². The van der Waals surface area contributed by atoms with E-state index in [1.807, 2.05) is 0 Å². The number of carbonyl (C=O) groups is 1. The van der Waals surface area contributed by atoms with Crippen molar-refractivity contribution in [3.63, 3.8) is 0 Å². The Hall–Kier alpha value is -1.89. The fraction of sp³-hybridized carbons (Fsp3) is 0.188. The number of halogens is 1. The number of sulfone groups is 1. The van der Waals surface area contributed by atoms with Crippen molar-refractivity contribution in [1.29, 1.82) is 0 Å². The minimum atomic E-state index is -3.88. The van der Waals surface area contributed by atoms with Gasteiger partial charge in [0.25, 0.3) is 0 Å². The van der Waals surface area contributed by atoms with Crippen LogP contribution >= 0.6 is 11.6 Å². The second kappa shape index (κ2) is 5.33. The van der Waals surface area contributed by atoms with Crippen molar-refractivity contribution in [3.05, 3.63) is 65.2 Å². The number of hydrogen-bond donors (Lipinski definition) is 2. The highest BCUT2D eigenvalue weighted by molar-refractivity contribution is 7.92. The van der Waals surface area contributed by atoms with Gasteiger partial charge in [0.2, 0.25) is 0 Å². The van der Waals surface area contributed by atoms with Gasteiger partial charge in [-0.25, -0.2) is 8.42 Å². The third-order valence-electron chi connectivity index (χ3n) is 4.16. The molecule has 0 heterocycles. The Morgan fingerprint density at radius 1 is 1.13 bits per heavy atom. The minimum absolute atomic E-state index is 0.0607. The molecule has 1 fully saturated rings. The van der Waals surface area contributed by atoms with E-state index < -0.39 is 32.5 Å². The van der Waals surface area contributed by atoms with Crippen molar-refractivity contribution in [2.75, 3.05) is 0 Å². The molecule has 2 aromatic rings. The van der Waals surface area contributed by atoms with Gasteiger partial charge in [0.05, 0.1) is 4.90 Å². The maximum absolute atomic E-state index is 12.8. The average Bonchev–Trinajstić information content (AvgIpc) is 3.17. The third-order valence-corrected chi connectivity index (χ3v) is 6.66. The molecule has 0 radical (unpaired) electrons. The molecule has 0 unspecified atom stereocenters. The zero-order valence-corrected chi connectivity index (χ0v) is 13.5. The van der Waals surface area contributed by atoms with E-state index in [-0.39, 0.29) is 4.90 Å². The predicted molar refractivity (Wildman–Crippen MR) is 86.2 cm³/mol.